The maximum absolute atomic E-state index is 13.3. The number of aromatic amines is 1. The maximum atomic E-state index is 13.3. The lowest BCUT2D eigenvalue weighted by molar-refractivity contribution is 0.354. The van der Waals surface area contributed by atoms with E-state index in [4.69, 9.17) is 0 Å². The summed E-state index contributed by atoms with van der Waals surface area (Å²) >= 11 is 0. The average Bonchev–Trinajstić information content (AvgIpc) is 2.88. The molecule has 1 aliphatic rings. The lowest BCUT2D eigenvalue weighted by Gasteiger charge is -2.15. The summed E-state index contributed by atoms with van der Waals surface area (Å²) < 4.78 is 13.3. The third-order valence-corrected chi connectivity index (χ3v) is 4.06. The van der Waals surface area contributed by atoms with Gasteiger partial charge in [0.15, 0.2) is 0 Å². The molecule has 19 heavy (non-hydrogen) atoms. The summed E-state index contributed by atoms with van der Waals surface area (Å²) in [5, 5.41) is 1.33. The fourth-order valence-electron chi connectivity index (χ4n) is 2.97. The quantitative estimate of drug-likeness (QED) is 0.900. The highest BCUT2D eigenvalue weighted by Crippen LogP contribution is 2.30. The average molecular weight is 260 g/mol. The van der Waals surface area contributed by atoms with Crippen LogP contribution < -0.4 is 5.56 Å². The van der Waals surface area contributed by atoms with Crippen LogP contribution in [0.25, 0.3) is 10.8 Å². The van der Waals surface area contributed by atoms with Crippen LogP contribution in [0, 0.1) is 5.82 Å². The molecular weight excluding hydrogens is 243 g/mol. The van der Waals surface area contributed by atoms with Gasteiger partial charge >= 0.3 is 0 Å². The lowest BCUT2D eigenvalue weighted by Crippen LogP contribution is -2.19. The molecule has 0 radical (unpaired) electrons. The van der Waals surface area contributed by atoms with Gasteiger partial charge in [0.05, 0.1) is 5.39 Å². The number of rotatable bonds is 2. The van der Waals surface area contributed by atoms with Crippen LogP contribution in [0.5, 0.6) is 0 Å². The van der Waals surface area contributed by atoms with Gasteiger partial charge in [0, 0.05) is 12.7 Å². The Labute approximate surface area is 111 Å². The maximum Gasteiger partial charge on any atom is 0.255 e. The molecule has 3 nitrogen and oxygen atoms in total. The third-order valence-electron chi connectivity index (χ3n) is 4.06. The number of hydrogen-bond donors (Lipinski definition) is 1. The second-order valence-electron chi connectivity index (χ2n) is 5.14. The van der Waals surface area contributed by atoms with E-state index >= 15 is 0 Å². The van der Waals surface area contributed by atoms with Crippen LogP contribution in [0.15, 0.2) is 29.2 Å². The minimum Gasteiger partial charge on any atom is -0.328 e. The third kappa shape index (κ3) is 2.16. The summed E-state index contributed by atoms with van der Waals surface area (Å²) in [6.07, 6.45) is 2.89. The molecule has 0 saturated carbocycles. The highest BCUT2D eigenvalue weighted by Gasteiger charge is 2.24. The molecule has 3 rings (SSSR count). The molecule has 1 unspecified atom stereocenters. The van der Waals surface area contributed by atoms with Crippen molar-refractivity contribution in [3.8, 4) is 0 Å². The van der Waals surface area contributed by atoms with Crippen LogP contribution in [-0.4, -0.2) is 29.5 Å². The summed E-state index contributed by atoms with van der Waals surface area (Å²) in [5.74, 6) is 0.0570. The minimum absolute atomic E-state index is 0.219. The van der Waals surface area contributed by atoms with Crippen LogP contribution in [0.3, 0.4) is 0 Å². The van der Waals surface area contributed by atoms with Crippen molar-refractivity contribution in [2.45, 2.75) is 19.3 Å². The number of pyridine rings is 1. The van der Waals surface area contributed by atoms with Crippen molar-refractivity contribution >= 4 is 10.8 Å². The normalized spacial score (nSPS) is 20.2. The van der Waals surface area contributed by atoms with Crippen molar-refractivity contribution < 1.29 is 4.39 Å². The summed E-state index contributed by atoms with van der Waals surface area (Å²) in [4.78, 5) is 16.9. The van der Waals surface area contributed by atoms with E-state index in [1.54, 1.807) is 12.3 Å². The standard InChI is InChI=1S/C15H17FN2O/c1-2-18-6-5-10(9-18)14-8-17-15(19)13-7-11(16)3-4-12(13)14/h3-4,7-8,10H,2,5-6,9H2,1H3,(H,17,19). The van der Waals surface area contributed by atoms with Gasteiger partial charge in [-0.1, -0.05) is 13.0 Å². The molecule has 1 aromatic carbocycles. The summed E-state index contributed by atoms with van der Waals surface area (Å²) in [6.45, 7) is 5.30. The highest BCUT2D eigenvalue weighted by atomic mass is 19.1. The van der Waals surface area contributed by atoms with Crippen LogP contribution in [0.2, 0.25) is 0 Å². The predicted molar refractivity (Wildman–Crippen MR) is 74.0 cm³/mol. The van der Waals surface area contributed by atoms with Crippen molar-refractivity contribution in [3.05, 3.63) is 46.1 Å². The van der Waals surface area contributed by atoms with Crippen molar-refractivity contribution in [3.63, 3.8) is 0 Å². The number of likely N-dealkylation sites (N-methyl/N-ethyl adjacent to an activating group) is 1. The molecule has 2 heterocycles. The Morgan fingerprint density at radius 3 is 3.00 bits per heavy atom. The van der Waals surface area contributed by atoms with Crippen molar-refractivity contribution in [1.82, 2.24) is 9.88 Å². The summed E-state index contributed by atoms with van der Waals surface area (Å²) in [5.41, 5.74) is 0.911. The van der Waals surface area contributed by atoms with E-state index in [0.29, 0.717) is 11.3 Å². The zero-order valence-electron chi connectivity index (χ0n) is 10.9. The molecule has 2 aromatic rings. The van der Waals surface area contributed by atoms with Crippen LogP contribution >= 0.6 is 0 Å². The topological polar surface area (TPSA) is 36.1 Å². The fourth-order valence-corrected chi connectivity index (χ4v) is 2.97. The zero-order valence-corrected chi connectivity index (χ0v) is 10.9. The summed E-state index contributed by atoms with van der Waals surface area (Å²) in [6, 6.07) is 4.48. The highest BCUT2D eigenvalue weighted by molar-refractivity contribution is 5.85. The van der Waals surface area contributed by atoms with Crippen LogP contribution in [0.4, 0.5) is 4.39 Å². The first-order chi connectivity index (χ1) is 9.19. The predicted octanol–water partition coefficient (Wildman–Crippen LogP) is 2.48. The first kappa shape index (κ1) is 12.4. The molecule has 100 valence electrons. The molecule has 0 spiro atoms. The van der Waals surface area contributed by atoms with Crippen molar-refractivity contribution in [2.75, 3.05) is 19.6 Å². The van der Waals surface area contributed by atoms with E-state index < -0.39 is 0 Å². The number of benzene rings is 1. The summed E-state index contributed by atoms with van der Waals surface area (Å²) in [7, 11) is 0. The van der Waals surface area contributed by atoms with Gasteiger partial charge in [0.1, 0.15) is 5.82 Å². The Kier molecular flexibility index (Phi) is 3.11. The van der Waals surface area contributed by atoms with Gasteiger partial charge in [0.25, 0.3) is 5.56 Å². The number of hydrogen-bond acceptors (Lipinski definition) is 2. The Bertz CT molecular complexity index is 665. The molecule has 1 N–H and O–H groups in total. The number of nitrogens with one attached hydrogen (secondary N) is 1. The smallest absolute Gasteiger partial charge is 0.255 e. The number of H-pyrrole nitrogens is 1. The first-order valence-electron chi connectivity index (χ1n) is 6.72. The molecular formula is C15H17FN2O. The molecule has 1 saturated heterocycles. The first-order valence-corrected chi connectivity index (χ1v) is 6.72. The van der Waals surface area contributed by atoms with E-state index in [-0.39, 0.29) is 11.4 Å². The molecule has 0 amide bonds. The van der Waals surface area contributed by atoms with Gasteiger partial charge in [-0.2, -0.15) is 0 Å². The van der Waals surface area contributed by atoms with Gasteiger partial charge in [-0.05, 0) is 48.5 Å². The minimum atomic E-state index is -0.364. The number of nitrogens with zero attached hydrogens (tertiary/aromatic N) is 1. The van der Waals surface area contributed by atoms with Crippen molar-refractivity contribution in [1.29, 1.82) is 0 Å². The van der Waals surface area contributed by atoms with Gasteiger partial charge in [-0.3, -0.25) is 4.79 Å². The molecule has 0 aliphatic carbocycles. The monoisotopic (exact) mass is 260 g/mol. The van der Waals surface area contributed by atoms with E-state index in [2.05, 4.69) is 16.8 Å². The number of likely N-dealkylation sites (tertiary alicyclic amines) is 1. The largest absolute Gasteiger partial charge is 0.328 e. The Hall–Kier alpha value is -1.68. The number of halogens is 1. The molecule has 1 aliphatic heterocycles. The van der Waals surface area contributed by atoms with E-state index in [0.717, 1.165) is 37.0 Å². The van der Waals surface area contributed by atoms with E-state index in [1.807, 2.05) is 0 Å². The van der Waals surface area contributed by atoms with Crippen LogP contribution in [0.1, 0.15) is 24.8 Å². The van der Waals surface area contributed by atoms with Crippen LogP contribution in [-0.2, 0) is 0 Å². The number of aromatic nitrogens is 1. The van der Waals surface area contributed by atoms with Gasteiger partial charge < -0.3 is 9.88 Å². The lowest BCUT2D eigenvalue weighted by atomic mass is 9.95. The van der Waals surface area contributed by atoms with E-state index in [9.17, 15) is 9.18 Å². The van der Waals surface area contributed by atoms with Gasteiger partial charge in [-0.25, -0.2) is 4.39 Å². The molecule has 1 aromatic heterocycles. The molecule has 1 fully saturated rings. The van der Waals surface area contributed by atoms with Gasteiger partial charge in [-0.15, -0.1) is 0 Å². The Balaban J connectivity index is 2.10. The second kappa shape index (κ2) is 4.78. The molecule has 0 bridgehead atoms. The second-order valence-corrected chi connectivity index (χ2v) is 5.14. The molecule has 1 atom stereocenters. The van der Waals surface area contributed by atoms with Crippen molar-refractivity contribution in [2.24, 2.45) is 0 Å². The Morgan fingerprint density at radius 1 is 1.42 bits per heavy atom. The zero-order chi connectivity index (χ0) is 13.4. The Morgan fingerprint density at radius 2 is 2.26 bits per heavy atom. The SMILES string of the molecule is CCN1CCC(c2c[nH]c(=O)c3cc(F)ccc23)C1. The number of fused-ring (bicyclic) bond motifs is 1. The van der Waals surface area contributed by atoms with E-state index in [1.165, 1.54) is 12.1 Å². The van der Waals surface area contributed by atoms with Gasteiger partial charge in [0.2, 0.25) is 0 Å². The molecule has 4 heteroatoms. The fraction of sp³-hybridized carbons (Fsp3) is 0.400.